The van der Waals surface area contributed by atoms with Crippen LogP contribution >= 0.6 is 0 Å². The van der Waals surface area contributed by atoms with E-state index in [1.54, 1.807) is 6.07 Å². The maximum absolute atomic E-state index is 8.91. The van der Waals surface area contributed by atoms with Gasteiger partial charge in [-0.15, -0.1) is 0 Å². The summed E-state index contributed by atoms with van der Waals surface area (Å²) in [4.78, 5) is 6.54. The molecule has 1 aliphatic heterocycles. The lowest BCUT2D eigenvalue weighted by atomic mass is 9.89. The molecule has 3 rings (SSSR count). The van der Waals surface area contributed by atoms with E-state index in [2.05, 4.69) is 28.1 Å². The number of benzene rings is 1. The van der Waals surface area contributed by atoms with Crippen LogP contribution in [0.4, 0.5) is 11.6 Å². The fourth-order valence-corrected chi connectivity index (χ4v) is 3.01. The van der Waals surface area contributed by atoms with E-state index in [0.717, 1.165) is 31.7 Å². The maximum Gasteiger partial charge on any atom is 0.143 e. The van der Waals surface area contributed by atoms with Crippen LogP contribution < -0.4 is 10.6 Å². The van der Waals surface area contributed by atoms with Gasteiger partial charge in [0.05, 0.1) is 17.2 Å². The number of aromatic nitrogens is 1. The van der Waals surface area contributed by atoms with E-state index in [1.807, 2.05) is 24.3 Å². The third-order valence-corrected chi connectivity index (χ3v) is 4.36. The van der Waals surface area contributed by atoms with Crippen LogP contribution in [0.1, 0.15) is 35.4 Å². The summed E-state index contributed by atoms with van der Waals surface area (Å²) in [6.07, 6.45) is 2.07. The molecule has 1 aromatic carbocycles. The maximum atomic E-state index is 8.91. The first-order chi connectivity index (χ1) is 11.2. The lowest BCUT2D eigenvalue weighted by molar-refractivity contribution is 0.503. The largest absolute Gasteiger partial charge is 0.383 e. The van der Waals surface area contributed by atoms with Crippen molar-refractivity contribution in [1.82, 2.24) is 4.98 Å². The van der Waals surface area contributed by atoms with Crippen molar-refractivity contribution in [3.8, 4) is 12.1 Å². The van der Waals surface area contributed by atoms with Gasteiger partial charge in [-0.1, -0.05) is 12.1 Å². The summed E-state index contributed by atoms with van der Waals surface area (Å²) in [5, 5.41) is 17.8. The molecule has 0 radical (unpaired) electrons. The Bertz CT molecular complexity index is 775. The SMILES string of the molecule is N#Cc1ccc(C2CCN(c3ccc(C#N)c(N)n3)CC2)cc1. The van der Waals surface area contributed by atoms with Crippen LogP contribution in [0.15, 0.2) is 36.4 Å². The van der Waals surface area contributed by atoms with Crippen LogP contribution in [0, 0.1) is 22.7 Å². The lowest BCUT2D eigenvalue weighted by Crippen LogP contribution is -2.33. The molecule has 5 nitrogen and oxygen atoms in total. The average molecular weight is 303 g/mol. The van der Waals surface area contributed by atoms with E-state index >= 15 is 0 Å². The van der Waals surface area contributed by atoms with Gasteiger partial charge in [-0.2, -0.15) is 10.5 Å². The van der Waals surface area contributed by atoms with Crippen LogP contribution in [0.2, 0.25) is 0 Å². The number of anilines is 2. The van der Waals surface area contributed by atoms with Gasteiger partial charge in [0.1, 0.15) is 17.7 Å². The molecule has 0 amide bonds. The molecule has 1 fully saturated rings. The molecule has 1 aromatic heterocycles. The number of piperidine rings is 1. The molecule has 0 saturated carbocycles. The second kappa shape index (κ2) is 6.37. The van der Waals surface area contributed by atoms with Crippen LogP contribution in [0.25, 0.3) is 0 Å². The fourth-order valence-electron chi connectivity index (χ4n) is 3.01. The Balaban J connectivity index is 1.67. The zero-order valence-electron chi connectivity index (χ0n) is 12.7. The summed E-state index contributed by atoms with van der Waals surface area (Å²) < 4.78 is 0. The second-order valence-electron chi connectivity index (χ2n) is 5.71. The Kier molecular flexibility index (Phi) is 4.12. The van der Waals surface area contributed by atoms with Crippen molar-refractivity contribution in [2.45, 2.75) is 18.8 Å². The minimum atomic E-state index is 0.291. The summed E-state index contributed by atoms with van der Waals surface area (Å²) in [7, 11) is 0. The summed E-state index contributed by atoms with van der Waals surface area (Å²) in [5.74, 6) is 1.63. The Morgan fingerprint density at radius 3 is 2.26 bits per heavy atom. The van der Waals surface area contributed by atoms with Gasteiger partial charge < -0.3 is 10.6 Å². The Labute approximate surface area is 135 Å². The van der Waals surface area contributed by atoms with Gasteiger partial charge in [0.25, 0.3) is 0 Å². The third-order valence-electron chi connectivity index (χ3n) is 4.36. The van der Waals surface area contributed by atoms with Crippen molar-refractivity contribution in [2.24, 2.45) is 0 Å². The van der Waals surface area contributed by atoms with E-state index in [4.69, 9.17) is 16.3 Å². The van der Waals surface area contributed by atoms with Crippen molar-refractivity contribution in [3.05, 3.63) is 53.1 Å². The van der Waals surface area contributed by atoms with Gasteiger partial charge in [0, 0.05) is 13.1 Å². The number of nitriles is 2. The Hall–Kier alpha value is -3.05. The second-order valence-corrected chi connectivity index (χ2v) is 5.71. The van der Waals surface area contributed by atoms with Crippen molar-refractivity contribution < 1.29 is 0 Å². The summed E-state index contributed by atoms with van der Waals surface area (Å²) >= 11 is 0. The van der Waals surface area contributed by atoms with Gasteiger partial charge in [-0.3, -0.25) is 0 Å². The molecule has 114 valence electrons. The molecule has 0 unspecified atom stereocenters. The van der Waals surface area contributed by atoms with Crippen LogP contribution in [-0.2, 0) is 0 Å². The molecule has 0 bridgehead atoms. The minimum Gasteiger partial charge on any atom is -0.383 e. The monoisotopic (exact) mass is 303 g/mol. The first-order valence-electron chi connectivity index (χ1n) is 7.63. The highest BCUT2D eigenvalue weighted by Crippen LogP contribution is 2.30. The molecule has 1 saturated heterocycles. The van der Waals surface area contributed by atoms with Crippen LogP contribution in [0.5, 0.6) is 0 Å². The van der Waals surface area contributed by atoms with Gasteiger partial charge in [0.15, 0.2) is 0 Å². The lowest BCUT2D eigenvalue weighted by Gasteiger charge is -2.33. The highest BCUT2D eigenvalue weighted by atomic mass is 15.2. The first kappa shape index (κ1) is 14.9. The zero-order valence-corrected chi connectivity index (χ0v) is 12.7. The molecular weight excluding hydrogens is 286 g/mol. The quantitative estimate of drug-likeness (QED) is 0.921. The summed E-state index contributed by atoms with van der Waals surface area (Å²) in [5.41, 5.74) is 8.20. The Morgan fingerprint density at radius 2 is 1.70 bits per heavy atom. The number of nitrogen functional groups attached to an aromatic ring is 1. The molecule has 0 spiro atoms. The van der Waals surface area contributed by atoms with Gasteiger partial charge in [0.2, 0.25) is 0 Å². The number of nitrogens with zero attached hydrogens (tertiary/aromatic N) is 4. The van der Waals surface area contributed by atoms with Crippen LogP contribution in [0.3, 0.4) is 0 Å². The summed E-state index contributed by atoms with van der Waals surface area (Å²) in [6.45, 7) is 1.81. The molecule has 0 atom stereocenters. The van der Waals surface area contributed by atoms with Gasteiger partial charge in [-0.25, -0.2) is 4.98 Å². The molecule has 2 aromatic rings. The van der Waals surface area contributed by atoms with Crippen molar-refractivity contribution in [3.63, 3.8) is 0 Å². The third kappa shape index (κ3) is 3.09. The van der Waals surface area contributed by atoms with E-state index in [9.17, 15) is 0 Å². The molecule has 2 N–H and O–H groups in total. The predicted octanol–water partition coefficient (Wildman–Crippen LogP) is 2.79. The van der Waals surface area contributed by atoms with E-state index in [0.29, 0.717) is 22.9 Å². The average Bonchev–Trinajstić information content (AvgIpc) is 2.62. The molecular formula is C18H17N5. The molecule has 2 heterocycles. The molecule has 0 aliphatic carbocycles. The standard InChI is InChI=1S/C18H17N5/c19-11-13-1-3-14(4-2-13)15-7-9-23(10-8-15)17-6-5-16(12-20)18(21)22-17/h1-6,15H,7-10H2,(H2,21,22). The topological polar surface area (TPSA) is 89.7 Å². The van der Waals surface area contributed by atoms with Crippen molar-refractivity contribution in [2.75, 3.05) is 23.7 Å². The zero-order chi connectivity index (χ0) is 16.2. The highest BCUT2D eigenvalue weighted by Gasteiger charge is 2.21. The Morgan fingerprint density at radius 1 is 1.00 bits per heavy atom. The van der Waals surface area contributed by atoms with E-state index in [1.165, 1.54) is 5.56 Å². The fraction of sp³-hybridized carbons (Fsp3) is 0.278. The minimum absolute atomic E-state index is 0.291. The van der Waals surface area contributed by atoms with E-state index in [-0.39, 0.29) is 0 Å². The first-order valence-corrected chi connectivity index (χ1v) is 7.63. The van der Waals surface area contributed by atoms with E-state index < -0.39 is 0 Å². The normalized spacial score (nSPS) is 15.0. The smallest absolute Gasteiger partial charge is 0.143 e. The highest BCUT2D eigenvalue weighted by molar-refractivity contribution is 5.55. The molecule has 1 aliphatic rings. The van der Waals surface area contributed by atoms with Gasteiger partial charge in [-0.05, 0) is 48.6 Å². The number of hydrogen-bond acceptors (Lipinski definition) is 5. The van der Waals surface area contributed by atoms with Crippen molar-refractivity contribution in [1.29, 1.82) is 10.5 Å². The summed E-state index contributed by atoms with van der Waals surface area (Å²) in [6, 6.07) is 15.6. The molecule has 5 heteroatoms. The number of pyridine rings is 1. The number of hydrogen-bond donors (Lipinski definition) is 1. The number of rotatable bonds is 2. The predicted molar refractivity (Wildman–Crippen MR) is 88.7 cm³/mol. The number of nitrogens with two attached hydrogens (primary N) is 1. The molecule has 23 heavy (non-hydrogen) atoms. The van der Waals surface area contributed by atoms with Gasteiger partial charge >= 0.3 is 0 Å². The van der Waals surface area contributed by atoms with Crippen LogP contribution in [-0.4, -0.2) is 18.1 Å². The van der Waals surface area contributed by atoms with Crippen molar-refractivity contribution >= 4 is 11.6 Å².